The van der Waals surface area contributed by atoms with E-state index >= 15 is 0 Å². The number of anilines is 1. The maximum Gasteiger partial charge on any atom is 0.401 e. The number of rotatable bonds is 3. The van der Waals surface area contributed by atoms with Crippen molar-refractivity contribution < 1.29 is 12.6 Å². The summed E-state index contributed by atoms with van der Waals surface area (Å²) in [4.78, 5) is 0. The topological polar surface area (TPSA) is 78.5 Å². The molecule has 72 valence electrons. The first kappa shape index (κ1) is 10.1. The minimum absolute atomic E-state index is 0.0500. The average molecular weight is 223 g/mol. The first-order chi connectivity index (χ1) is 6.01. The molecule has 1 N–H and O–H groups in total. The largest absolute Gasteiger partial charge is 0.761 e. The van der Waals surface area contributed by atoms with Gasteiger partial charge in [-0.3, -0.25) is 0 Å². The van der Waals surface area contributed by atoms with Crippen LogP contribution in [0.2, 0.25) is 0 Å². The number of benzene rings is 1. The second-order valence-corrected chi connectivity index (χ2v) is 4.19. The summed E-state index contributed by atoms with van der Waals surface area (Å²) in [5, 5.41) is 10.1. The van der Waals surface area contributed by atoms with Gasteiger partial charge in [-0.2, -0.15) is 8.42 Å². The molecule has 0 radical (unpaired) electrons. The van der Waals surface area contributed by atoms with Crippen molar-refractivity contribution in [2.45, 2.75) is 0 Å². The Balaban J connectivity index is 2.81. The molecular weight excluding hydrogens is 218 g/mol. The van der Waals surface area contributed by atoms with E-state index in [4.69, 9.17) is 10.7 Å². The molecular formula is C6H5ClNO4S-. The van der Waals surface area contributed by atoms with E-state index in [2.05, 4.69) is 4.18 Å². The van der Waals surface area contributed by atoms with Gasteiger partial charge in [0.25, 0.3) is 0 Å². The summed E-state index contributed by atoms with van der Waals surface area (Å²) >= 11 is 0. The Hall–Kier alpha value is -0.980. The van der Waals surface area contributed by atoms with Gasteiger partial charge in [0.05, 0.1) is 10.7 Å². The Bertz CT molecular complexity index is 374. The van der Waals surface area contributed by atoms with Crippen LogP contribution in [0.25, 0.3) is 0 Å². The third-order valence-electron chi connectivity index (χ3n) is 1.17. The molecule has 0 fully saturated rings. The first-order valence-electron chi connectivity index (χ1n) is 3.13. The zero-order valence-corrected chi connectivity index (χ0v) is 7.80. The molecule has 5 nitrogen and oxygen atoms in total. The summed E-state index contributed by atoms with van der Waals surface area (Å²) in [6.07, 6.45) is 0. The standard InChI is InChI=1S/C6H5ClNO4S/c7-13(10,11)12-6-3-1-5(8-9)2-4-6/h1-4,8H/q-1. The van der Waals surface area contributed by atoms with Gasteiger partial charge in [-0.05, 0) is 24.3 Å². The van der Waals surface area contributed by atoms with E-state index in [0.29, 0.717) is 5.69 Å². The van der Waals surface area contributed by atoms with E-state index in [1.165, 1.54) is 24.3 Å². The minimum Gasteiger partial charge on any atom is -0.761 e. The van der Waals surface area contributed by atoms with Crippen LogP contribution in [0.3, 0.4) is 0 Å². The fourth-order valence-corrected chi connectivity index (χ4v) is 1.25. The Kier molecular flexibility index (Phi) is 2.97. The molecule has 0 saturated heterocycles. The molecule has 0 aliphatic heterocycles. The second kappa shape index (κ2) is 3.82. The van der Waals surface area contributed by atoms with E-state index in [1.807, 2.05) is 0 Å². The Morgan fingerprint density at radius 3 is 2.23 bits per heavy atom. The quantitative estimate of drug-likeness (QED) is 0.619. The molecule has 0 aliphatic carbocycles. The lowest BCUT2D eigenvalue weighted by Crippen LogP contribution is -1.99. The molecule has 0 amide bonds. The molecule has 13 heavy (non-hydrogen) atoms. The van der Waals surface area contributed by atoms with Crippen molar-refractivity contribution >= 4 is 25.7 Å². The Labute approximate surface area is 79.5 Å². The number of hydrogen-bond acceptors (Lipinski definition) is 5. The maximum atomic E-state index is 10.4. The van der Waals surface area contributed by atoms with Crippen LogP contribution in [-0.4, -0.2) is 8.42 Å². The molecule has 0 heterocycles. The zero-order valence-electron chi connectivity index (χ0n) is 6.23. The molecule has 0 bridgehead atoms. The predicted molar refractivity (Wildman–Crippen MR) is 48.8 cm³/mol. The fourth-order valence-electron chi connectivity index (χ4n) is 0.693. The van der Waals surface area contributed by atoms with E-state index in [-0.39, 0.29) is 5.75 Å². The van der Waals surface area contributed by atoms with Crippen molar-refractivity contribution in [1.29, 1.82) is 0 Å². The fraction of sp³-hybridized carbons (Fsp3) is 0. The molecule has 0 atom stereocenters. The summed E-state index contributed by atoms with van der Waals surface area (Å²) in [6, 6.07) is 5.34. The third-order valence-corrected chi connectivity index (χ3v) is 1.75. The lowest BCUT2D eigenvalue weighted by molar-refractivity contribution is 0.503. The van der Waals surface area contributed by atoms with Gasteiger partial charge in [-0.15, -0.1) is 0 Å². The zero-order chi connectivity index (χ0) is 9.90. The molecule has 0 spiro atoms. The van der Waals surface area contributed by atoms with Crippen molar-refractivity contribution in [3.8, 4) is 5.75 Å². The summed E-state index contributed by atoms with van der Waals surface area (Å²) < 4.78 is 25.2. The SMILES string of the molecule is O=S(=O)(Cl)Oc1ccc(N[O-])cc1. The van der Waals surface area contributed by atoms with E-state index in [9.17, 15) is 13.6 Å². The van der Waals surface area contributed by atoms with Gasteiger partial charge in [-0.25, -0.2) is 0 Å². The Morgan fingerprint density at radius 1 is 1.31 bits per heavy atom. The highest BCUT2D eigenvalue weighted by Crippen LogP contribution is 2.17. The Morgan fingerprint density at radius 2 is 1.85 bits per heavy atom. The van der Waals surface area contributed by atoms with Gasteiger partial charge >= 0.3 is 9.33 Å². The molecule has 0 aliphatic rings. The summed E-state index contributed by atoms with van der Waals surface area (Å²) in [6.45, 7) is 0. The van der Waals surface area contributed by atoms with E-state index in [0.717, 1.165) is 0 Å². The van der Waals surface area contributed by atoms with Crippen molar-refractivity contribution in [3.05, 3.63) is 29.5 Å². The van der Waals surface area contributed by atoms with Gasteiger partial charge in [0, 0.05) is 5.69 Å². The third kappa shape index (κ3) is 3.49. The van der Waals surface area contributed by atoms with Gasteiger partial charge in [0.15, 0.2) is 0 Å². The number of nitrogens with one attached hydrogen (secondary N) is 1. The number of halogens is 1. The van der Waals surface area contributed by atoms with Crippen molar-refractivity contribution in [2.75, 3.05) is 5.48 Å². The van der Waals surface area contributed by atoms with E-state index < -0.39 is 9.33 Å². The predicted octanol–water partition coefficient (Wildman–Crippen LogP) is 1.46. The van der Waals surface area contributed by atoms with E-state index in [1.54, 1.807) is 5.48 Å². The molecule has 1 aromatic carbocycles. The highest BCUT2D eigenvalue weighted by Gasteiger charge is 2.05. The van der Waals surface area contributed by atoms with Gasteiger partial charge < -0.3 is 14.9 Å². The number of hydrogen-bond donors (Lipinski definition) is 1. The van der Waals surface area contributed by atoms with Crippen LogP contribution in [0.4, 0.5) is 5.69 Å². The average Bonchev–Trinajstić information content (AvgIpc) is 2.03. The molecule has 0 aromatic heterocycles. The molecule has 0 unspecified atom stereocenters. The summed E-state index contributed by atoms with van der Waals surface area (Å²) in [7, 11) is 0.791. The van der Waals surface area contributed by atoms with Crippen molar-refractivity contribution in [2.24, 2.45) is 0 Å². The molecule has 1 aromatic rings. The van der Waals surface area contributed by atoms with Crippen LogP contribution in [0.15, 0.2) is 24.3 Å². The molecule has 1 rings (SSSR count). The van der Waals surface area contributed by atoms with Crippen LogP contribution >= 0.6 is 10.7 Å². The van der Waals surface area contributed by atoms with Gasteiger partial charge in [0.1, 0.15) is 5.75 Å². The molecule has 0 saturated carbocycles. The van der Waals surface area contributed by atoms with Crippen LogP contribution in [-0.2, 0) is 9.33 Å². The lowest BCUT2D eigenvalue weighted by atomic mass is 10.3. The molecule has 7 heteroatoms. The van der Waals surface area contributed by atoms with Gasteiger partial charge in [0.2, 0.25) is 0 Å². The highest BCUT2D eigenvalue weighted by molar-refractivity contribution is 8.10. The second-order valence-electron chi connectivity index (χ2n) is 2.10. The summed E-state index contributed by atoms with van der Waals surface area (Å²) in [5.41, 5.74) is 1.93. The minimum atomic E-state index is -4.02. The smallest absolute Gasteiger partial charge is 0.401 e. The van der Waals surface area contributed by atoms with Crippen LogP contribution in [0.5, 0.6) is 5.75 Å². The van der Waals surface area contributed by atoms with Gasteiger partial charge in [-0.1, -0.05) is 0 Å². The monoisotopic (exact) mass is 222 g/mol. The van der Waals surface area contributed by atoms with Crippen LogP contribution in [0.1, 0.15) is 0 Å². The van der Waals surface area contributed by atoms with Crippen molar-refractivity contribution in [3.63, 3.8) is 0 Å². The summed E-state index contributed by atoms with van der Waals surface area (Å²) in [5.74, 6) is 0.0500. The lowest BCUT2D eigenvalue weighted by Gasteiger charge is -2.08. The highest BCUT2D eigenvalue weighted by atomic mass is 35.7. The van der Waals surface area contributed by atoms with Crippen LogP contribution < -0.4 is 9.66 Å². The van der Waals surface area contributed by atoms with Crippen molar-refractivity contribution in [1.82, 2.24) is 0 Å². The first-order valence-corrected chi connectivity index (χ1v) is 5.37. The maximum absolute atomic E-state index is 10.4. The normalized spacial score (nSPS) is 10.9. The van der Waals surface area contributed by atoms with Crippen LogP contribution in [0, 0.1) is 5.21 Å².